The Morgan fingerprint density at radius 2 is 1.72 bits per heavy atom. The molecule has 12 nitrogen and oxygen atoms in total. The van der Waals surface area contributed by atoms with Gasteiger partial charge in [-0.05, 0) is 24.8 Å². The number of aromatic nitrogens is 4. The maximum Gasteiger partial charge on any atom is 0.228 e. The Bertz CT molecular complexity index is 1640. The summed E-state index contributed by atoms with van der Waals surface area (Å²) in [6, 6.07) is 11.4. The number of likely N-dealkylation sites (N-methyl/N-ethyl adjacent to an activating group) is 1. The van der Waals surface area contributed by atoms with Crippen LogP contribution in [0.4, 0.5) is 23.3 Å². The standard InChI is InChI=1S/C29H32Cl2N10O2/c1-4-38-11-13-39(14-12-38)25-16-23(33-17-34-25)36-24-9-10-32-18-40(24)41-20-8-6-5-7-19(20)35-29(41)37-28-26(30)21(42-2)15-22(43-3)27(28)31/h5-10,15-18,24H,4,11-14H2,1-3H3,(H,35,37)(H,33,34,36). The van der Waals surface area contributed by atoms with Gasteiger partial charge in [-0.1, -0.05) is 42.3 Å². The average Bonchev–Trinajstić information content (AvgIpc) is 3.41. The van der Waals surface area contributed by atoms with Crippen LogP contribution in [0, 0.1) is 0 Å². The highest BCUT2D eigenvalue weighted by molar-refractivity contribution is 6.41. The van der Waals surface area contributed by atoms with Gasteiger partial charge in [-0.15, -0.1) is 0 Å². The maximum atomic E-state index is 6.71. The van der Waals surface area contributed by atoms with Crippen LogP contribution in [0.5, 0.6) is 11.5 Å². The Hall–Kier alpha value is -4.26. The summed E-state index contributed by atoms with van der Waals surface area (Å²) < 4.78 is 12.8. The number of fused-ring (bicyclic) bond motifs is 1. The van der Waals surface area contributed by atoms with Gasteiger partial charge in [0.05, 0.1) is 30.9 Å². The summed E-state index contributed by atoms with van der Waals surface area (Å²) in [4.78, 5) is 23.1. The number of aliphatic imine (C=N–C) groups is 1. The van der Waals surface area contributed by atoms with E-state index in [-0.39, 0.29) is 6.17 Å². The van der Waals surface area contributed by atoms with Crippen molar-refractivity contribution in [1.29, 1.82) is 0 Å². The Balaban J connectivity index is 1.34. The molecule has 4 heterocycles. The zero-order valence-electron chi connectivity index (χ0n) is 24.0. The number of nitrogens with zero attached hydrogens (tertiary/aromatic N) is 8. The molecule has 0 saturated carbocycles. The van der Waals surface area contributed by atoms with Gasteiger partial charge >= 0.3 is 0 Å². The van der Waals surface area contributed by atoms with Crippen LogP contribution in [-0.4, -0.2) is 84.0 Å². The van der Waals surface area contributed by atoms with E-state index >= 15 is 0 Å². The number of imidazole rings is 1. The van der Waals surface area contributed by atoms with Gasteiger partial charge in [0.1, 0.15) is 52.0 Å². The largest absolute Gasteiger partial charge is 0.495 e. The molecule has 14 heteroatoms. The lowest BCUT2D eigenvalue weighted by Gasteiger charge is -2.35. The lowest BCUT2D eigenvalue weighted by atomic mass is 10.2. The van der Waals surface area contributed by atoms with Crippen LogP contribution >= 0.6 is 23.2 Å². The predicted molar refractivity (Wildman–Crippen MR) is 172 cm³/mol. The molecule has 0 spiro atoms. The summed E-state index contributed by atoms with van der Waals surface area (Å²) in [7, 11) is 3.06. The molecular formula is C29H32Cl2N10O2. The first kappa shape index (κ1) is 28.8. The molecule has 2 aromatic heterocycles. The number of benzene rings is 2. The van der Waals surface area contributed by atoms with E-state index in [0.29, 0.717) is 39.0 Å². The van der Waals surface area contributed by atoms with Crippen LogP contribution in [0.15, 0.2) is 60.0 Å². The molecule has 4 aromatic rings. The van der Waals surface area contributed by atoms with Gasteiger partial charge in [0, 0.05) is 44.5 Å². The third-order valence-corrected chi connectivity index (χ3v) is 8.25. The van der Waals surface area contributed by atoms with Crippen molar-refractivity contribution < 1.29 is 9.47 Å². The lowest BCUT2D eigenvalue weighted by Crippen LogP contribution is -2.48. The molecule has 2 aromatic carbocycles. The minimum atomic E-state index is -0.374. The zero-order chi connectivity index (χ0) is 29.9. The Labute approximate surface area is 259 Å². The number of ether oxygens (including phenoxy) is 2. The zero-order valence-corrected chi connectivity index (χ0v) is 25.5. The second-order valence-electron chi connectivity index (χ2n) is 9.90. The lowest BCUT2D eigenvalue weighted by molar-refractivity contribution is 0.270. The van der Waals surface area contributed by atoms with Gasteiger partial charge in [0.25, 0.3) is 0 Å². The summed E-state index contributed by atoms with van der Waals surface area (Å²) in [5.74, 6) is 2.84. The van der Waals surface area contributed by atoms with E-state index in [0.717, 1.165) is 49.6 Å². The number of rotatable bonds is 9. The number of hydrogen-bond donors (Lipinski definition) is 2. The molecule has 2 aliphatic rings. The summed E-state index contributed by atoms with van der Waals surface area (Å²) >= 11 is 13.4. The summed E-state index contributed by atoms with van der Waals surface area (Å²) in [5.41, 5.74) is 1.98. The number of anilines is 4. The highest BCUT2D eigenvalue weighted by Gasteiger charge is 2.26. The van der Waals surface area contributed by atoms with Gasteiger partial charge in [-0.2, -0.15) is 0 Å². The van der Waals surface area contributed by atoms with Crippen LogP contribution in [-0.2, 0) is 0 Å². The second-order valence-corrected chi connectivity index (χ2v) is 10.7. The Kier molecular flexibility index (Phi) is 8.41. The molecule has 1 unspecified atom stereocenters. The van der Waals surface area contributed by atoms with Gasteiger partial charge in [-0.3, -0.25) is 0 Å². The minimum absolute atomic E-state index is 0.294. The predicted octanol–water partition coefficient (Wildman–Crippen LogP) is 4.97. The van der Waals surface area contributed by atoms with Crippen LogP contribution in [0.1, 0.15) is 6.92 Å². The molecule has 2 aliphatic heterocycles. The van der Waals surface area contributed by atoms with Crippen molar-refractivity contribution in [2.75, 3.05) is 67.5 Å². The molecule has 0 amide bonds. The number of nitrogens with one attached hydrogen (secondary N) is 2. The van der Waals surface area contributed by atoms with E-state index in [1.54, 1.807) is 24.9 Å². The molecule has 1 fully saturated rings. The van der Waals surface area contributed by atoms with Crippen molar-refractivity contribution in [3.8, 4) is 11.5 Å². The quantitative estimate of drug-likeness (QED) is 0.266. The van der Waals surface area contributed by atoms with Gasteiger partial charge in [0.2, 0.25) is 5.95 Å². The summed E-state index contributed by atoms with van der Waals surface area (Å²) in [6.07, 6.45) is 6.62. The van der Waals surface area contributed by atoms with Gasteiger partial charge < -0.3 is 29.9 Å². The molecule has 0 radical (unpaired) electrons. The average molecular weight is 624 g/mol. The normalized spacial score (nSPS) is 17.0. The van der Waals surface area contributed by atoms with Crippen molar-refractivity contribution in [3.63, 3.8) is 0 Å². The van der Waals surface area contributed by atoms with Crippen molar-refractivity contribution in [3.05, 3.63) is 65.0 Å². The smallest absolute Gasteiger partial charge is 0.228 e. The van der Waals surface area contributed by atoms with Crippen LogP contribution in [0.2, 0.25) is 10.0 Å². The van der Waals surface area contributed by atoms with Crippen molar-refractivity contribution in [1.82, 2.24) is 24.5 Å². The second kappa shape index (κ2) is 12.5. The number of para-hydroxylation sites is 2. The maximum absolute atomic E-state index is 6.71. The van der Waals surface area contributed by atoms with Crippen molar-refractivity contribution >= 4 is 63.8 Å². The number of methoxy groups -OCH3 is 2. The van der Waals surface area contributed by atoms with E-state index in [1.165, 1.54) is 14.2 Å². The first-order valence-electron chi connectivity index (χ1n) is 13.9. The summed E-state index contributed by atoms with van der Waals surface area (Å²) in [6.45, 7) is 7.10. The van der Waals surface area contributed by atoms with E-state index in [1.807, 2.05) is 46.1 Å². The van der Waals surface area contributed by atoms with Crippen molar-refractivity contribution in [2.45, 2.75) is 13.1 Å². The monoisotopic (exact) mass is 622 g/mol. The van der Waals surface area contributed by atoms with Crippen LogP contribution in [0.25, 0.3) is 11.0 Å². The first-order chi connectivity index (χ1) is 21.0. The molecule has 0 bridgehead atoms. The topological polar surface area (TPSA) is 108 Å². The third-order valence-electron chi connectivity index (χ3n) is 7.49. The highest BCUT2D eigenvalue weighted by Crippen LogP contribution is 2.45. The van der Waals surface area contributed by atoms with Gasteiger partial charge in [-0.25, -0.2) is 29.6 Å². The number of halogens is 2. The fraction of sp³-hybridized carbons (Fsp3) is 0.310. The number of piperazine rings is 1. The SMILES string of the molecule is CCN1CCN(c2cc(NC3C=CN=CN3n3c(Nc4c(Cl)c(OC)cc(OC)c4Cl)nc4ccccc43)ncn2)CC1. The Morgan fingerprint density at radius 3 is 2.44 bits per heavy atom. The van der Waals surface area contributed by atoms with E-state index in [4.69, 9.17) is 37.7 Å². The van der Waals surface area contributed by atoms with Crippen molar-refractivity contribution in [2.24, 2.45) is 4.99 Å². The Morgan fingerprint density at radius 1 is 0.977 bits per heavy atom. The molecule has 224 valence electrons. The fourth-order valence-electron chi connectivity index (χ4n) is 5.17. The van der Waals surface area contributed by atoms with Crippen LogP contribution < -0.4 is 30.0 Å². The van der Waals surface area contributed by atoms with Gasteiger partial charge in [0.15, 0.2) is 0 Å². The number of hydrogen-bond acceptors (Lipinski definition) is 11. The molecular weight excluding hydrogens is 591 g/mol. The molecule has 43 heavy (non-hydrogen) atoms. The molecule has 1 saturated heterocycles. The highest BCUT2D eigenvalue weighted by atomic mass is 35.5. The first-order valence-corrected chi connectivity index (χ1v) is 14.6. The third kappa shape index (κ3) is 5.73. The fourth-order valence-corrected chi connectivity index (χ4v) is 5.76. The van der Waals surface area contributed by atoms with E-state index in [9.17, 15) is 0 Å². The summed E-state index contributed by atoms with van der Waals surface area (Å²) in [5, 5.41) is 9.35. The van der Waals surface area contributed by atoms with Crippen LogP contribution in [0.3, 0.4) is 0 Å². The minimum Gasteiger partial charge on any atom is -0.495 e. The van der Waals surface area contributed by atoms with E-state index in [2.05, 4.69) is 42.3 Å². The molecule has 0 aliphatic carbocycles. The van der Waals surface area contributed by atoms with E-state index < -0.39 is 0 Å². The molecule has 1 atom stereocenters. The molecule has 6 rings (SSSR count). The molecule has 2 N–H and O–H groups in total.